The molecule has 0 saturated heterocycles. The van der Waals surface area contributed by atoms with Gasteiger partial charge in [0.2, 0.25) is 0 Å². The summed E-state index contributed by atoms with van der Waals surface area (Å²) in [6, 6.07) is 95.5. The summed E-state index contributed by atoms with van der Waals surface area (Å²) in [4.78, 5) is 0. The Hall–Kier alpha value is -9.36. The Morgan fingerprint density at radius 2 is 0.432 bits per heavy atom. The van der Waals surface area contributed by atoms with E-state index in [-0.39, 0.29) is 0 Å². The van der Waals surface area contributed by atoms with Crippen molar-refractivity contribution >= 4 is 0 Å². The third-order valence-corrected chi connectivity index (χ3v) is 15.6. The van der Waals surface area contributed by atoms with Gasteiger partial charge in [-0.2, -0.15) is 0 Å². The van der Waals surface area contributed by atoms with Gasteiger partial charge in [0, 0.05) is 0 Å². The van der Waals surface area contributed by atoms with E-state index in [9.17, 15) is 0 Å². The minimum atomic E-state index is 1.29. The van der Waals surface area contributed by atoms with Gasteiger partial charge in [-0.15, -0.1) is 0 Å². The molecule has 0 aliphatic heterocycles. The SMILES string of the molecule is Cc1ccc(-c2c(C)cc(C)cc2C)cc1.Cc1ccc(-c2cc(C)cc(C)c2)cc1.Cc1ccc(-c2ccc(C)cc2C)cc1.Cc1ccc(-c2cccc(C)c2)cc1.Cc1cccc(-c2cccc(C)c2)c1.Cc1cccc(-c2ccccc2C)c1. The zero-order chi connectivity index (χ0) is 63.3. The Labute approximate surface area is 530 Å². The Morgan fingerprint density at radius 3 is 0.841 bits per heavy atom. The third kappa shape index (κ3) is 20.4. The largest absolute Gasteiger partial charge is 0.0620 e. The van der Waals surface area contributed by atoms with Crippen molar-refractivity contribution in [2.45, 2.75) is 111 Å². The highest BCUT2D eigenvalue weighted by Gasteiger charge is 2.07. The van der Waals surface area contributed by atoms with Crippen LogP contribution in [0.4, 0.5) is 0 Å². The quantitative estimate of drug-likeness (QED) is 0.156. The number of benzene rings is 12. The molecular weight excluding hydrogens is 1060 g/mol. The van der Waals surface area contributed by atoms with Crippen LogP contribution in [0.3, 0.4) is 0 Å². The molecule has 0 unspecified atom stereocenters. The molecule has 12 rings (SSSR count). The number of aryl methyl sites for hydroxylation is 16. The zero-order valence-electron chi connectivity index (χ0n) is 55.4. The normalized spacial score (nSPS) is 10.3. The van der Waals surface area contributed by atoms with Gasteiger partial charge in [-0.05, 0) is 200 Å². The van der Waals surface area contributed by atoms with Crippen molar-refractivity contribution < 1.29 is 0 Å². The van der Waals surface area contributed by atoms with Crippen LogP contribution in [-0.2, 0) is 0 Å². The highest BCUT2D eigenvalue weighted by atomic mass is 14.1. The molecular formula is C88H92. The lowest BCUT2D eigenvalue weighted by molar-refractivity contribution is 1.32. The molecule has 0 bridgehead atoms. The topological polar surface area (TPSA) is 0 Å². The maximum absolute atomic E-state index is 2.25. The second kappa shape index (κ2) is 32.4. The molecule has 0 aromatic heterocycles. The van der Waals surface area contributed by atoms with E-state index in [1.807, 2.05) is 0 Å². The van der Waals surface area contributed by atoms with Crippen LogP contribution in [0.15, 0.2) is 267 Å². The molecule has 0 N–H and O–H groups in total. The first-order chi connectivity index (χ1) is 42.2. The monoisotopic (exact) mass is 1150 g/mol. The lowest BCUT2D eigenvalue weighted by Gasteiger charge is -2.11. The average molecular weight is 1150 g/mol. The van der Waals surface area contributed by atoms with Crippen molar-refractivity contribution in [2.75, 3.05) is 0 Å². The molecule has 0 atom stereocenters. The third-order valence-electron chi connectivity index (χ3n) is 15.6. The summed E-state index contributed by atoms with van der Waals surface area (Å²) in [6.45, 7) is 34.2. The summed E-state index contributed by atoms with van der Waals surface area (Å²) in [5, 5.41) is 0. The fourth-order valence-corrected chi connectivity index (χ4v) is 11.0. The molecule has 0 spiro atoms. The van der Waals surface area contributed by atoms with Crippen LogP contribution in [0.2, 0.25) is 0 Å². The Balaban J connectivity index is 0.000000151. The maximum atomic E-state index is 2.25. The van der Waals surface area contributed by atoms with Crippen molar-refractivity contribution in [2.24, 2.45) is 0 Å². The van der Waals surface area contributed by atoms with Crippen LogP contribution >= 0.6 is 0 Å². The first-order valence-corrected chi connectivity index (χ1v) is 31.0. The van der Waals surface area contributed by atoms with Crippen LogP contribution in [0, 0.1) is 111 Å². The van der Waals surface area contributed by atoms with Gasteiger partial charge in [-0.1, -0.05) is 334 Å². The maximum Gasteiger partial charge on any atom is -0.0125 e. The summed E-state index contributed by atoms with van der Waals surface area (Å²) in [6.07, 6.45) is 0. The van der Waals surface area contributed by atoms with Gasteiger partial charge < -0.3 is 0 Å². The summed E-state index contributed by atoms with van der Waals surface area (Å²) in [7, 11) is 0. The zero-order valence-corrected chi connectivity index (χ0v) is 55.4. The Kier molecular flexibility index (Phi) is 24.4. The minimum Gasteiger partial charge on any atom is -0.0620 e. The molecule has 0 saturated carbocycles. The van der Waals surface area contributed by atoms with Crippen molar-refractivity contribution in [3.63, 3.8) is 0 Å². The van der Waals surface area contributed by atoms with Crippen LogP contribution < -0.4 is 0 Å². The first-order valence-electron chi connectivity index (χ1n) is 31.0. The number of hydrogen-bond donors (Lipinski definition) is 0. The van der Waals surface area contributed by atoms with E-state index >= 15 is 0 Å². The van der Waals surface area contributed by atoms with E-state index in [0.717, 1.165) is 0 Å². The minimum absolute atomic E-state index is 1.29. The predicted octanol–water partition coefficient (Wildman–Crippen LogP) is 25.1. The predicted molar refractivity (Wildman–Crippen MR) is 387 cm³/mol. The molecule has 0 aliphatic carbocycles. The smallest absolute Gasteiger partial charge is 0.0125 e. The summed E-state index contributed by atoms with van der Waals surface area (Å²) >= 11 is 0. The highest BCUT2D eigenvalue weighted by Crippen LogP contribution is 2.30. The average Bonchev–Trinajstić information content (AvgIpc) is 3.68. The van der Waals surface area contributed by atoms with Gasteiger partial charge >= 0.3 is 0 Å². The molecule has 88 heavy (non-hydrogen) atoms. The van der Waals surface area contributed by atoms with Crippen molar-refractivity contribution in [1.29, 1.82) is 0 Å². The molecule has 0 nitrogen and oxygen atoms in total. The van der Waals surface area contributed by atoms with E-state index in [0.29, 0.717) is 0 Å². The Morgan fingerprint density at radius 1 is 0.136 bits per heavy atom. The van der Waals surface area contributed by atoms with Crippen LogP contribution in [-0.4, -0.2) is 0 Å². The molecule has 0 heterocycles. The van der Waals surface area contributed by atoms with E-state index in [1.54, 1.807) is 0 Å². The van der Waals surface area contributed by atoms with Gasteiger partial charge in [-0.3, -0.25) is 0 Å². The lowest BCUT2D eigenvalue weighted by atomic mass is 9.93. The van der Waals surface area contributed by atoms with Crippen molar-refractivity contribution in [3.05, 3.63) is 356 Å². The fraction of sp³-hybridized carbons (Fsp3) is 0.182. The molecule has 0 fully saturated rings. The van der Waals surface area contributed by atoms with E-state index in [4.69, 9.17) is 0 Å². The summed E-state index contributed by atoms with van der Waals surface area (Å²) in [5.74, 6) is 0. The summed E-state index contributed by atoms with van der Waals surface area (Å²) in [5.41, 5.74) is 37.0. The molecule has 444 valence electrons. The van der Waals surface area contributed by atoms with Gasteiger partial charge in [0.05, 0.1) is 0 Å². The highest BCUT2D eigenvalue weighted by molar-refractivity contribution is 5.73. The fourth-order valence-electron chi connectivity index (χ4n) is 11.0. The first kappa shape index (κ1) is 66.2. The van der Waals surface area contributed by atoms with Crippen LogP contribution in [0.5, 0.6) is 0 Å². The van der Waals surface area contributed by atoms with Gasteiger partial charge in [-0.25, -0.2) is 0 Å². The van der Waals surface area contributed by atoms with E-state index in [2.05, 4.69) is 378 Å². The standard InChI is InChI=1S/C16H18.2C15H16.3C14H14/c1-11-5-7-15(8-6-11)16-13(3)9-12(2)10-14(16)4;1-11-4-7-14(8-5-11)15-9-6-12(2)10-13(15)3;1-11-4-6-14(7-5-11)15-9-12(2)8-13(3)10-15;1-11-5-3-7-13(9-11)14-8-4-6-12(2)10-14;1-11-6-5-8-13(10-11)14-9-4-3-7-12(14)2;1-11-6-8-13(9-7-11)14-5-3-4-12(2)10-14/h5-10H,1-4H3;2*4-10H,1-3H3;3*3-10H,1-2H3. The number of rotatable bonds is 6. The van der Waals surface area contributed by atoms with Gasteiger partial charge in [0.1, 0.15) is 0 Å². The van der Waals surface area contributed by atoms with E-state index < -0.39 is 0 Å². The van der Waals surface area contributed by atoms with Gasteiger partial charge in [0.25, 0.3) is 0 Å². The van der Waals surface area contributed by atoms with E-state index in [1.165, 1.54) is 156 Å². The molecule has 0 amide bonds. The Bertz CT molecular complexity index is 4060. The lowest BCUT2D eigenvalue weighted by Crippen LogP contribution is -1.90. The molecule has 12 aromatic rings. The number of hydrogen-bond acceptors (Lipinski definition) is 0. The molecule has 0 heteroatoms. The van der Waals surface area contributed by atoms with Crippen LogP contribution in [0.1, 0.15) is 89.0 Å². The van der Waals surface area contributed by atoms with Crippen LogP contribution in [0.25, 0.3) is 66.8 Å². The second-order valence-electron chi connectivity index (χ2n) is 24.2. The summed E-state index contributed by atoms with van der Waals surface area (Å²) < 4.78 is 0. The molecule has 12 aromatic carbocycles. The van der Waals surface area contributed by atoms with Crippen molar-refractivity contribution in [1.82, 2.24) is 0 Å². The van der Waals surface area contributed by atoms with Gasteiger partial charge in [0.15, 0.2) is 0 Å². The second-order valence-corrected chi connectivity index (χ2v) is 24.2. The molecule has 0 aliphatic rings. The van der Waals surface area contributed by atoms with Crippen molar-refractivity contribution in [3.8, 4) is 66.8 Å². The molecule has 0 radical (unpaired) electrons.